The Labute approximate surface area is 92.7 Å². The standard InChI is InChI=1S/C12H12N4/c1-7-4-3-5-9-10(7)11-8(12(13)14-9)6-16(2)15-11/h3-6H,1-2H3,(H2,13,14). The van der Waals surface area contributed by atoms with Crippen LogP contribution in [-0.2, 0) is 7.05 Å². The molecule has 0 saturated carbocycles. The molecule has 0 aliphatic carbocycles. The van der Waals surface area contributed by atoms with Gasteiger partial charge in [-0.25, -0.2) is 4.98 Å². The zero-order valence-electron chi connectivity index (χ0n) is 9.23. The Bertz CT molecular complexity index is 697. The van der Waals surface area contributed by atoms with Crippen molar-refractivity contribution in [3.8, 4) is 0 Å². The predicted octanol–water partition coefficient (Wildman–Crippen LogP) is 2.01. The highest BCUT2D eigenvalue weighted by atomic mass is 15.2. The van der Waals surface area contributed by atoms with Crippen molar-refractivity contribution < 1.29 is 0 Å². The largest absolute Gasteiger partial charge is 0.383 e. The van der Waals surface area contributed by atoms with E-state index in [0.717, 1.165) is 21.8 Å². The van der Waals surface area contributed by atoms with Crippen molar-refractivity contribution in [2.24, 2.45) is 7.05 Å². The summed E-state index contributed by atoms with van der Waals surface area (Å²) in [6.45, 7) is 2.06. The molecule has 0 saturated heterocycles. The van der Waals surface area contributed by atoms with Gasteiger partial charge in [0.25, 0.3) is 0 Å². The smallest absolute Gasteiger partial charge is 0.135 e. The van der Waals surface area contributed by atoms with Crippen LogP contribution in [0.3, 0.4) is 0 Å². The lowest BCUT2D eigenvalue weighted by Crippen LogP contribution is -1.93. The number of aromatic nitrogens is 3. The number of benzene rings is 1. The van der Waals surface area contributed by atoms with Gasteiger partial charge >= 0.3 is 0 Å². The first-order valence-electron chi connectivity index (χ1n) is 5.15. The summed E-state index contributed by atoms with van der Waals surface area (Å²) in [5.74, 6) is 0.543. The number of nitrogens with two attached hydrogens (primary N) is 1. The summed E-state index contributed by atoms with van der Waals surface area (Å²) < 4.78 is 1.77. The predicted molar refractivity (Wildman–Crippen MR) is 65.2 cm³/mol. The summed E-state index contributed by atoms with van der Waals surface area (Å²) in [5.41, 5.74) is 8.94. The van der Waals surface area contributed by atoms with E-state index in [2.05, 4.69) is 23.1 Å². The molecule has 3 rings (SSSR count). The highest BCUT2D eigenvalue weighted by Gasteiger charge is 2.10. The van der Waals surface area contributed by atoms with Crippen LogP contribution in [0, 0.1) is 6.92 Å². The van der Waals surface area contributed by atoms with E-state index in [1.165, 1.54) is 5.56 Å². The van der Waals surface area contributed by atoms with E-state index in [0.29, 0.717) is 5.82 Å². The molecule has 4 nitrogen and oxygen atoms in total. The lowest BCUT2D eigenvalue weighted by Gasteiger charge is -2.03. The first-order chi connectivity index (χ1) is 7.66. The lowest BCUT2D eigenvalue weighted by atomic mass is 10.1. The molecule has 4 heteroatoms. The molecule has 2 aromatic heterocycles. The van der Waals surface area contributed by atoms with Crippen molar-refractivity contribution in [2.45, 2.75) is 6.92 Å². The topological polar surface area (TPSA) is 56.7 Å². The van der Waals surface area contributed by atoms with Crippen molar-refractivity contribution >= 4 is 27.6 Å². The van der Waals surface area contributed by atoms with Gasteiger partial charge in [0.05, 0.1) is 10.9 Å². The molecule has 80 valence electrons. The van der Waals surface area contributed by atoms with Gasteiger partial charge in [0.2, 0.25) is 0 Å². The molecule has 0 aliphatic heterocycles. The van der Waals surface area contributed by atoms with Gasteiger partial charge in [0.1, 0.15) is 11.3 Å². The average molecular weight is 212 g/mol. The molecular formula is C12H12N4. The van der Waals surface area contributed by atoms with Crippen molar-refractivity contribution in [2.75, 3.05) is 5.73 Å². The molecule has 0 radical (unpaired) electrons. The van der Waals surface area contributed by atoms with Crippen LogP contribution < -0.4 is 5.73 Å². The highest BCUT2D eigenvalue weighted by molar-refractivity contribution is 6.08. The zero-order valence-corrected chi connectivity index (χ0v) is 9.23. The lowest BCUT2D eigenvalue weighted by molar-refractivity contribution is 0.780. The van der Waals surface area contributed by atoms with Crippen LogP contribution in [-0.4, -0.2) is 14.8 Å². The van der Waals surface area contributed by atoms with Gasteiger partial charge < -0.3 is 5.73 Å². The van der Waals surface area contributed by atoms with Gasteiger partial charge in [0.15, 0.2) is 0 Å². The molecular weight excluding hydrogens is 200 g/mol. The Kier molecular flexibility index (Phi) is 1.68. The van der Waals surface area contributed by atoms with Crippen molar-refractivity contribution in [3.63, 3.8) is 0 Å². The molecule has 0 spiro atoms. The van der Waals surface area contributed by atoms with E-state index >= 15 is 0 Å². The summed E-state index contributed by atoms with van der Waals surface area (Å²) >= 11 is 0. The van der Waals surface area contributed by atoms with Crippen LogP contribution >= 0.6 is 0 Å². The minimum atomic E-state index is 0.543. The molecule has 0 unspecified atom stereocenters. The average Bonchev–Trinajstić information content (AvgIpc) is 2.60. The second kappa shape index (κ2) is 2.95. The number of hydrogen-bond donors (Lipinski definition) is 1. The van der Waals surface area contributed by atoms with Crippen molar-refractivity contribution in [3.05, 3.63) is 30.0 Å². The monoisotopic (exact) mass is 212 g/mol. The van der Waals surface area contributed by atoms with Gasteiger partial charge in [-0.2, -0.15) is 5.10 Å². The number of nitrogens with zero attached hydrogens (tertiary/aromatic N) is 3. The van der Waals surface area contributed by atoms with Crippen LogP contribution in [0.25, 0.3) is 21.8 Å². The van der Waals surface area contributed by atoms with E-state index in [1.54, 1.807) is 4.68 Å². The van der Waals surface area contributed by atoms with Crippen molar-refractivity contribution in [1.82, 2.24) is 14.8 Å². The summed E-state index contributed by atoms with van der Waals surface area (Å²) in [6.07, 6.45) is 1.91. The SMILES string of the molecule is Cc1cccc2nc(N)c3cn(C)nc3c12. The maximum absolute atomic E-state index is 5.92. The first kappa shape index (κ1) is 9.15. The van der Waals surface area contributed by atoms with Gasteiger partial charge in [-0.1, -0.05) is 12.1 Å². The summed E-state index contributed by atoms with van der Waals surface area (Å²) in [5, 5.41) is 6.47. The number of nitrogen functional groups attached to an aromatic ring is 1. The van der Waals surface area contributed by atoms with E-state index < -0.39 is 0 Å². The summed E-state index contributed by atoms with van der Waals surface area (Å²) in [4.78, 5) is 4.40. The first-order valence-corrected chi connectivity index (χ1v) is 5.15. The Hall–Kier alpha value is -2.10. The van der Waals surface area contributed by atoms with Gasteiger partial charge in [-0.3, -0.25) is 4.68 Å². The Morgan fingerprint density at radius 2 is 2.12 bits per heavy atom. The fourth-order valence-corrected chi connectivity index (χ4v) is 2.10. The third-order valence-corrected chi connectivity index (χ3v) is 2.83. The number of hydrogen-bond acceptors (Lipinski definition) is 3. The minimum Gasteiger partial charge on any atom is -0.383 e. The maximum Gasteiger partial charge on any atom is 0.135 e. The number of pyridine rings is 1. The molecule has 2 heterocycles. The molecule has 0 atom stereocenters. The van der Waals surface area contributed by atoms with Crippen LogP contribution in [0.2, 0.25) is 0 Å². The summed E-state index contributed by atoms with van der Waals surface area (Å²) in [7, 11) is 1.89. The Balaban J connectivity index is 2.65. The zero-order chi connectivity index (χ0) is 11.3. The Morgan fingerprint density at radius 1 is 1.31 bits per heavy atom. The highest BCUT2D eigenvalue weighted by Crippen LogP contribution is 2.28. The third-order valence-electron chi connectivity index (χ3n) is 2.83. The summed E-state index contributed by atoms with van der Waals surface area (Å²) in [6, 6.07) is 6.01. The molecule has 3 aromatic rings. The van der Waals surface area contributed by atoms with Crippen molar-refractivity contribution in [1.29, 1.82) is 0 Å². The molecule has 16 heavy (non-hydrogen) atoms. The molecule has 1 aromatic carbocycles. The number of fused-ring (bicyclic) bond motifs is 3. The van der Waals surface area contributed by atoms with Gasteiger partial charge in [-0.05, 0) is 18.6 Å². The number of aryl methyl sites for hydroxylation is 2. The minimum absolute atomic E-state index is 0.543. The Morgan fingerprint density at radius 3 is 2.94 bits per heavy atom. The van der Waals surface area contributed by atoms with E-state index in [4.69, 9.17) is 5.73 Å². The maximum atomic E-state index is 5.92. The molecule has 0 aliphatic rings. The van der Waals surface area contributed by atoms with Crippen LogP contribution in [0.5, 0.6) is 0 Å². The second-order valence-electron chi connectivity index (χ2n) is 4.03. The van der Waals surface area contributed by atoms with E-state index in [-0.39, 0.29) is 0 Å². The van der Waals surface area contributed by atoms with Crippen LogP contribution in [0.4, 0.5) is 5.82 Å². The number of anilines is 1. The quantitative estimate of drug-likeness (QED) is 0.620. The molecule has 0 bridgehead atoms. The molecule has 0 fully saturated rings. The third kappa shape index (κ3) is 1.10. The number of rotatable bonds is 0. The van der Waals surface area contributed by atoms with Crippen LogP contribution in [0.1, 0.15) is 5.56 Å². The van der Waals surface area contributed by atoms with E-state index in [9.17, 15) is 0 Å². The fraction of sp³-hybridized carbons (Fsp3) is 0.167. The van der Waals surface area contributed by atoms with Crippen LogP contribution in [0.15, 0.2) is 24.4 Å². The van der Waals surface area contributed by atoms with Gasteiger partial charge in [-0.15, -0.1) is 0 Å². The second-order valence-corrected chi connectivity index (χ2v) is 4.03. The fourth-order valence-electron chi connectivity index (χ4n) is 2.10. The van der Waals surface area contributed by atoms with Gasteiger partial charge in [0, 0.05) is 18.6 Å². The molecule has 0 amide bonds. The normalized spacial score (nSPS) is 11.4. The molecule has 2 N–H and O–H groups in total. The van der Waals surface area contributed by atoms with E-state index in [1.807, 2.05) is 25.4 Å².